The number of nitrogens with zero attached hydrogens (tertiary/aromatic N) is 5. The zero-order valence-corrected chi connectivity index (χ0v) is 25.9. The molecule has 11 heteroatoms. The number of nitrogens with one attached hydrogen (secondary N) is 2. The quantitative estimate of drug-likeness (QED) is 0.186. The number of benzene rings is 3. The number of anilines is 3. The van der Waals surface area contributed by atoms with E-state index in [0.29, 0.717) is 53.3 Å². The maximum Gasteiger partial charge on any atom is 0.248 e. The second-order valence-electron chi connectivity index (χ2n) is 12.0. The Hall–Kier alpha value is -5.31. The first kappa shape index (κ1) is 30.3. The molecular formula is C36H34FN7O3. The predicted octanol–water partition coefficient (Wildman–Crippen LogP) is 6.14. The zero-order chi connectivity index (χ0) is 32.3. The Balaban J connectivity index is 1.21. The Labute approximate surface area is 271 Å². The lowest BCUT2D eigenvalue weighted by molar-refractivity contribution is -0.112. The van der Waals surface area contributed by atoms with Gasteiger partial charge >= 0.3 is 0 Å². The molecule has 0 saturated carbocycles. The number of halogens is 1. The minimum absolute atomic E-state index is 0.143. The molecule has 0 aliphatic carbocycles. The zero-order valence-electron chi connectivity index (χ0n) is 25.9. The first-order valence-corrected chi connectivity index (χ1v) is 15.7. The van der Waals surface area contributed by atoms with Crippen molar-refractivity contribution >= 4 is 44.8 Å². The molecule has 4 heterocycles. The Bertz CT molecular complexity index is 2030. The van der Waals surface area contributed by atoms with Gasteiger partial charge in [0.2, 0.25) is 5.91 Å². The summed E-state index contributed by atoms with van der Waals surface area (Å²) in [6.07, 6.45) is 9.53. The number of aromatic nitrogens is 3. The molecule has 0 radical (unpaired) electrons. The summed E-state index contributed by atoms with van der Waals surface area (Å²) in [4.78, 5) is 19.9. The number of hydrogen-bond acceptors (Lipinski definition) is 8. The Kier molecular flexibility index (Phi) is 8.52. The number of likely N-dealkylation sites (N-methyl/N-ethyl adjacent to an activating group) is 1. The molecule has 1 amide bonds. The molecule has 2 fully saturated rings. The highest BCUT2D eigenvalue weighted by molar-refractivity contribution is 6.05. The van der Waals surface area contributed by atoms with Crippen LogP contribution in [0.4, 0.5) is 21.5 Å². The number of likely N-dealkylation sites (tertiary alicyclic amines) is 1. The third kappa shape index (κ3) is 6.65. The highest BCUT2D eigenvalue weighted by Crippen LogP contribution is 2.37. The molecule has 10 nitrogen and oxygen atoms in total. The summed E-state index contributed by atoms with van der Waals surface area (Å²) in [5.41, 5.74) is 4.42. The molecule has 2 N–H and O–H groups in total. The van der Waals surface area contributed by atoms with Crippen LogP contribution < -0.4 is 15.4 Å². The van der Waals surface area contributed by atoms with Crippen LogP contribution in [-0.4, -0.2) is 64.5 Å². The lowest BCUT2D eigenvalue weighted by Crippen LogP contribution is -2.23. The van der Waals surface area contributed by atoms with Crippen molar-refractivity contribution < 1.29 is 18.7 Å². The Morgan fingerprint density at radius 3 is 2.89 bits per heavy atom. The van der Waals surface area contributed by atoms with E-state index in [4.69, 9.17) is 9.47 Å². The van der Waals surface area contributed by atoms with E-state index in [2.05, 4.69) is 38.7 Å². The topological polar surface area (TPSA) is 117 Å². The first-order chi connectivity index (χ1) is 22.9. The number of ether oxygens (including phenoxy) is 2. The van der Waals surface area contributed by atoms with Crippen LogP contribution in [0.15, 0.2) is 79.1 Å². The van der Waals surface area contributed by atoms with Crippen molar-refractivity contribution in [2.75, 3.05) is 37.4 Å². The van der Waals surface area contributed by atoms with Crippen LogP contribution in [0.3, 0.4) is 0 Å². The number of pyridine rings is 1. The van der Waals surface area contributed by atoms with Gasteiger partial charge in [-0.2, -0.15) is 10.4 Å². The van der Waals surface area contributed by atoms with E-state index in [0.717, 1.165) is 48.0 Å². The van der Waals surface area contributed by atoms with Gasteiger partial charge in [-0.05, 0) is 68.4 Å². The van der Waals surface area contributed by atoms with Gasteiger partial charge in [-0.3, -0.25) is 19.4 Å². The number of nitriles is 1. The van der Waals surface area contributed by atoms with Gasteiger partial charge in [0.15, 0.2) is 0 Å². The fourth-order valence-electron chi connectivity index (χ4n) is 6.22. The van der Waals surface area contributed by atoms with E-state index in [1.54, 1.807) is 30.5 Å². The summed E-state index contributed by atoms with van der Waals surface area (Å²) in [5, 5.41) is 22.5. The number of carbonyl (C=O) groups excluding carboxylic acids is 1. The van der Waals surface area contributed by atoms with Gasteiger partial charge in [0.05, 0.1) is 53.9 Å². The van der Waals surface area contributed by atoms with Gasteiger partial charge in [0.1, 0.15) is 23.7 Å². The smallest absolute Gasteiger partial charge is 0.248 e. The number of hydrogen-bond donors (Lipinski definition) is 2. The van der Waals surface area contributed by atoms with Crippen molar-refractivity contribution in [1.82, 2.24) is 19.7 Å². The first-order valence-electron chi connectivity index (χ1n) is 15.7. The van der Waals surface area contributed by atoms with Gasteiger partial charge in [-0.25, -0.2) is 4.39 Å². The van der Waals surface area contributed by atoms with Crippen molar-refractivity contribution in [1.29, 1.82) is 5.26 Å². The molecule has 3 aromatic carbocycles. The molecule has 238 valence electrons. The molecule has 7 rings (SSSR count). The molecule has 0 bridgehead atoms. The van der Waals surface area contributed by atoms with Gasteiger partial charge in [0, 0.05) is 47.3 Å². The standard InChI is InChI=1S/C36H34FN7O3/c1-43-12-3-6-28(43)8-10-35(45)42-32-16-30-31(17-34(32)47-29-11-13-46-22-29)39-19-25(18-38)36(30)41-27-7-9-33-24(15-27)20-40-44(33)21-23-4-2-5-26(37)14-23/h2,4-5,7-10,14-17,19-20,28-29H,3,6,11-13,21-22H2,1H3,(H,39,41)(H,42,45)/b10-8+/t28?,29-/m0/s1. The minimum atomic E-state index is -0.286. The number of amides is 1. The predicted molar refractivity (Wildman–Crippen MR) is 178 cm³/mol. The van der Waals surface area contributed by atoms with Crippen LogP contribution >= 0.6 is 0 Å². The van der Waals surface area contributed by atoms with Crippen molar-refractivity contribution in [3.8, 4) is 11.8 Å². The van der Waals surface area contributed by atoms with Crippen LogP contribution in [0.25, 0.3) is 21.8 Å². The fraction of sp³-hybridized carbons (Fsp3) is 0.278. The summed E-state index contributed by atoms with van der Waals surface area (Å²) < 4.78 is 27.4. The van der Waals surface area contributed by atoms with Crippen molar-refractivity contribution in [2.24, 2.45) is 0 Å². The minimum Gasteiger partial charge on any atom is -0.486 e. The summed E-state index contributed by atoms with van der Waals surface area (Å²) in [6.45, 7) is 2.52. The van der Waals surface area contributed by atoms with Crippen LogP contribution in [0, 0.1) is 17.1 Å². The van der Waals surface area contributed by atoms with Crippen molar-refractivity contribution in [3.63, 3.8) is 0 Å². The van der Waals surface area contributed by atoms with Crippen LogP contribution in [0.2, 0.25) is 0 Å². The fourth-order valence-corrected chi connectivity index (χ4v) is 6.22. The van der Waals surface area contributed by atoms with E-state index in [1.165, 1.54) is 18.3 Å². The van der Waals surface area contributed by atoms with E-state index in [1.807, 2.05) is 35.0 Å². The SMILES string of the molecule is CN1CCCC1/C=C/C(=O)Nc1cc2c(Nc3ccc4c(cnn4Cc4cccc(F)c4)c3)c(C#N)cnc2cc1O[C@H]1CCOC1. The monoisotopic (exact) mass is 631 g/mol. The molecule has 47 heavy (non-hydrogen) atoms. The molecular weight excluding hydrogens is 597 g/mol. The Morgan fingerprint density at radius 2 is 2.11 bits per heavy atom. The summed E-state index contributed by atoms with van der Waals surface area (Å²) in [5.74, 6) is -0.0644. The number of fused-ring (bicyclic) bond motifs is 2. The summed E-state index contributed by atoms with van der Waals surface area (Å²) >= 11 is 0. The maximum absolute atomic E-state index is 13.7. The average molecular weight is 632 g/mol. The molecule has 2 aliphatic heterocycles. The van der Waals surface area contributed by atoms with Crippen LogP contribution in [0.1, 0.15) is 30.4 Å². The Morgan fingerprint density at radius 1 is 1.19 bits per heavy atom. The highest BCUT2D eigenvalue weighted by Gasteiger charge is 2.22. The van der Waals surface area contributed by atoms with Gasteiger partial charge in [-0.1, -0.05) is 18.2 Å². The van der Waals surface area contributed by atoms with E-state index < -0.39 is 0 Å². The largest absolute Gasteiger partial charge is 0.486 e. The highest BCUT2D eigenvalue weighted by atomic mass is 19.1. The third-order valence-electron chi connectivity index (χ3n) is 8.71. The lowest BCUT2D eigenvalue weighted by Gasteiger charge is -2.19. The molecule has 2 aromatic heterocycles. The van der Waals surface area contributed by atoms with Gasteiger partial charge in [0.25, 0.3) is 0 Å². The lowest BCUT2D eigenvalue weighted by atomic mass is 10.1. The normalized spacial score (nSPS) is 18.2. The molecule has 5 aromatic rings. The maximum atomic E-state index is 13.7. The number of rotatable bonds is 9. The third-order valence-corrected chi connectivity index (χ3v) is 8.71. The molecule has 0 spiro atoms. The van der Waals surface area contributed by atoms with E-state index in [9.17, 15) is 14.4 Å². The molecule has 2 aliphatic rings. The van der Waals surface area contributed by atoms with Crippen molar-refractivity contribution in [2.45, 2.75) is 38.0 Å². The van der Waals surface area contributed by atoms with Gasteiger partial charge < -0.3 is 20.1 Å². The number of carbonyl (C=O) groups is 1. The van der Waals surface area contributed by atoms with Gasteiger partial charge in [-0.15, -0.1) is 0 Å². The molecule has 2 saturated heterocycles. The second-order valence-corrected chi connectivity index (χ2v) is 12.0. The van der Waals surface area contributed by atoms with Crippen LogP contribution in [-0.2, 0) is 16.1 Å². The average Bonchev–Trinajstić information content (AvgIpc) is 3.83. The summed E-state index contributed by atoms with van der Waals surface area (Å²) in [7, 11) is 2.06. The van der Waals surface area contributed by atoms with Crippen molar-refractivity contribution in [3.05, 3.63) is 96.1 Å². The van der Waals surface area contributed by atoms with Crippen LogP contribution in [0.5, 0.6) is 5.75 Å². The molecule has 1 unspecified atom stereocenters. The summed E-state index contributed by atoms with van der Waals surface area (Å²) in [6, 6.07) is 18.3. The second kappa shape index (κ2) is 13.2. The van der Waals surface area contributed by atoms with E-state index in [-0.39, 0.29) is 23.9 Å². The molecule has 2 atom stereocenters. The van der Waals surface area contributed by atoms with E-state index >= 15 is 0 Å².